The summed E-state index contributed by atoms with van der Waals surface area (Å²) in [4.78, 5) is 15.6. The fraction of sp³-hybridized carbons (Fsp3) is 0.320. The molecule has 10 heteroatoms. The van der Waals surface area contributed by atoms with Crippen LogP contribution in [-0.2, 0) is 6.42 Å². The van der Waals surface area contributed by atoms with Crippen LogP contribution in [0, 0.1) is 0 Å². The maximum Gasteiger partial charge on any atom is 0.238 e. The number of nitrogens with zero attached hydrogens (tertiary/aromatic N) is 5. The normalized spacial score (nSPS) is 11.1. The number of nitrogens with one attached hydrogen (secondary N) is 1. The molecule has 0 saturated heterocycles. The quantitative estimate of drug-likeness (QED) is 0.366. The summed E-state index contributed by atoms with van der Waals surface area (Å²) in [6, 6.07) is 9.59. The molecule has 0 aliphatic heterocycles. The maximum absolute atomic E-state index is 5.46. The van der Waals surface area contributed by atoms with Crippen LogP contribution < -0.4 is 24.3 Å². The largest absolute Gasteiger partial charge is 0.497 e. The lowest BCUT2D eigenvalue weighted by atomic mass is 10.1. The minimum Gasteiger partial charge on any atom is -0.497 e. The molecule has 0 unspecified atom stereocenters. The molecule has 4 rings (SSSR count). The summed E-state index contributed by atoms with van der Waals surface area (Å²) in [7, 11) is 10.5. The zero-order valence-corrected chi connectivity index (χ0v) is 20.8. The van der Waals surface area contributed by atoms with E-state index in [0.717, 1.165) is 29.6 Å². The molecule has 0 radical (unpaired) electrons. The van der Waals surface area contributed by atoms with Gasteiger partial charge in [-0.05, 0) is 44.3 Å². The van der Waals surface area contributed by atoms with E-state index in [9.17, 15) is 0 Å². The SMILES string of the molecule is COc1ccc2c(c1)c(CCN(C)C)cn2-c1ncnc(Nc2cc(OC)c(OC)c(OC)c2)n1. The molecule has 2 aromatic heterocycles. The third kappa shape index (κ3) is 5.07. The third-order valence-corrected chi connectivity index (χ3v) is 5.62. The molecule has 1 N–H and O–H groups in total. The van der Waals surface area contributed by atoms with Crippen LogP contribution >= 0.6 is 0 Å². The Hall–Kier alpha value is -4.05. The molecular formula is C25H30N6O4. The molecule has 184 valence electrons. The van der Waals surface area contributed by atoms with Crippen molar-refractivity contribution < 1.29 is 18.9 Å². The zero-order valence-electron chi connectivity index (χ0n) is 20.8. The fourth-order valence-electron chi connectivity index (χ4n) is 3.86. The molecule has 0 amide bonds. The van der Waals surface area contributed by atoms with E-state index in [4.69, 9.17) is 18.9 Å². The standard InChI is InChI=1S/C25H30N6O4/c1-30(2)10-9-16-14-31(20-8-7-18(32-3)13-19(16)20)25-27-15-26-24(29-25)28-17-11-21(33-4)23(35-6)22(12-17)34-5/h7-8,11-15H,9-10H2,1-6H3,(H,26,27,28,29). The van der Waals surface area contributed by atoms with Gasteiger partial charge in [-0.25, -0.2) is 9.97 Å². The summed E-state index contributed by atoms with van der Waals surface area (Å²) in [5.74, 6) is 3.26. The molecule has 0 spiro atoms. The molecule has 0 saturated carbocycles. The first kappa shape index (κ1) is 24.1. The second kappa shape index (κ2) is 10.5. The summed E-state index contributed by atoms with van der Waals surface area (Å²) in [6.07, 6.45) is 4.44. The molecular weight excluding hydrogens is 448 g/mol. The van der Waals surface area contributed by atoms with Crippen LogP contribution in [0.5, 0.6) is 23.0 Å². The van der Waals surface area contributed by atoms with Crippen molar-refractivity contribution in [3.05, 3.63) is 48.4 Å². The average Bonchev–Trinajstić information content (AvgIpc) is 3.24. The van der Waals surface area contributed by atoms with E-state index in [1.54, 1.807) is 40.6 Å². The second-order valence-electron chi connectivity index (χ2n) is 8.11. The van der Waals surface area contributed by atoms with Crippen molar-refractivity contribution in [2.75, 3.05) is 54.4 Å². The average molecular weight is 479 g/mol. The van der Waals surface area contributed by atoms with Crippen molar-refractivity contribution in [2.45, 2.75) is 6.42 Å². The van der Waals surface area contributed by atoms with Gasteiger partial charge in [0.1, 0.15) is 12.1 Å². The van der Waals surface area contributed by atoms with Gasteiger partial charge >= 0.3 is 0 Å². The first-order valence-electron chi connectivity index (χ1n) is 11.1. The number of fused-ring (bicyclic) bond motifs is 1. The van der Waals surface area contributed by atoms with Crippen LogP contribution in [-0.4, -0.2) is 73.5 Å². The Bertz CT molecular complexity index is 1300. The fourth-order valence-corrected chi connectivity index (χ4v) is 3.86. The summed E-state index contributed by atoms with van der Waals surface area (Å²) in [5.41, 5.74) is 2.86. The molecule has 0 bridgehead atoms. The zero-order chi connectivity index (χ0) is 24.9. The third-order valence-electron chi connectivity index (χ3n) is 5.62. The topological polar surface area (TPSA) is 95.8 Å². The van der Waals surface area contributed by atoms with Crippen molar-refractivity contribution >= 4 is 22.5 Å². The van der Waals surface area contributed by atoms with E-state index in [2.05, 4.69) is 45.5 Å². The van der Waals surface area contributed by atoms with Gasteiger partial charge in [0.15, 0.2) is 11.5 Å². The van der Waals surface area contributed by atoms with Gasteiger partial charge < -0.3 is 29.2 Å². The van der Waals surface area contributed by atoms with Gasteiger partial charge in [-0.3, -0.25) is 4.57 Å². The molecule has 0 atom stereocenters. The van der Waals surface area contributed by atoms with E-state index in [1.165, 1.54) is 11.9 Å². The summed E-state index contributed by atoms with van der Waals surface area (Å²) in [5, 5.41) is 4.31. The highest BCUT2D eigenvalue weighted by Gasteiger charge is 2.16. The highest BCUT2D eigenvalue weighted by molar-refractivity contribution is 5.86. The monoisotopic (exact) mass is 478 g/mol. The van der Waals surface area contributed by atoms with E-state index < -0.39 is 0 Å². The number of hydrogen-bond donors (Lipinski definition) is 1. The number of hydrogen-bond acceptors (Lipinski definition) is 9. The minimum atomic E-state index is 0.384. The molecule has 4 aromatic rings. The van der Waals surface area contributed by atoms with Crippen molar-refractivity contribution in [1.29, 1.82) is 0 Å². The number of ether oxygens (including phenoxy) is 4. The van der Waals surface area contributed by atoms with E-state index in [1.807, 2.05) is 22.8 Å². The number of anilines is 2. The second-order valence-corrected chi connectivity index (χ2v) is 8.11. The summed E-state index contributed by atoms with van der Waals surface area (Å²) >= 11 is 0. The van der Waals surface area contributed by atoms with Gasteiger partial charge in [0, 0.05) is 35.9 Å². The lowest BCUT2D eigenvalue weighted by Crippen LogP contribution is -2.14. The predicted octanol–water partition coefficient (Wildman–Crippen LogP) is 3.70. The van der Waals surface area contributed by atoms with Gasteiger partial charge in [-0.1, -0.05) is 0 Å². The Balaban J connectivity index is 1.72. The van der Waals surface area contributed by atoms with Crippen LogP contribution in [0.2, 0.25) is 0 Å². The van der Waals surface area contributed by atoms with Crippen LogP contribution in [0.4, 0.5) is 11.6 Å². The van der Waals surface area contributed by atoms with Crippen LogP contribution in [0.25, 0.3) is 16.9 Å². The highest BCUT2D eigenvalue weighted by atomic mass is 16.5. The molecule has 10 nitrogen and oxygen atoms in total. The first-order chi connectivity index (χ1) is 17.0. The number of aromatic nitrogens is 4. The van der Waals surface area contributed by atoms with E-state index in [0.29, 0.717) is 34.8 Å². The van der Waals surface area contributed by atoms with Gasteiger partial charge in [-0.15, -0.1) is 0 Å². The molecule has 0 aliphatic rings. The van der Waals surface area contributed by atoms with Crippen LogP contribution in [0.3, 0.4) is 0 Å². The van der Waals surface area contributed by atoms with Crippen molar-refractivity contribution in [3.63, 3.8) is 0 Å². The number of likely N-dealkylation sites (N-methyl/N-ethyl adjacent to an activating group) is 1. The smallest absolute Gasteiger partial charge is 0.238 e. The summed E-state index contributed by atoms with van der Waals surface area (Å²) in [6.45, 7) is 0.918. The van der Waals surface area contributed by atoms with E-state index >= 15 is 0 Å². The molecule has 2 heterocycles. The number of benzene rings is 2. The summed E-state index contributed by atoms with van der Waals surface area (Å²) < 4.78 is 23.7. The van der Waals surface area contributed by atoms with Crippen molar-refractivity contribution in [3.8, 4) is 28.9 Å². The Morgan fingerprint density at radius 2 is 1.66 bits per heavy atom. The van der Waals surface area contributed by atoms with Crippen molar-refractivity contribution in [1.82, 2.24) is 24.4 Å². The Morgan fingerprint density at radius 1 is 0.914 bits per heavy atom. The molecule has 35 heavy (non-hydrogen) atoms. The van der Waals surface area contributed by atoms with Gasteiger partial charge in [-0.2, -0.15) is 4.98 Å². The van der Waals surface area contributed by atoms with Crippen molar-refractivity contribution in [2.24, 2.45) is 0 Å². The Morgan fingerprint density at radius 3 is 2.29 bits per heavy atom. The molecule has 0 aliphatic carbocycles. The molecule has 0 fully saturated rings. The van der Waals surface area contributed by atoms with Gasteiger partial charge in [0.25, 0.3) is 0 Å². The van der Waals surface area contributed by atoms with Crippen LogP contribution in [0.15, 0.2) is 42.9 Å². The Labute approximate surface area is 204 Å². The van der Waals surface area contributed by atoms with Gasteiger partial charge in [0.05, 0.1) is 34.0 Å². The molecule has 2 aromatic carbocycles. The first-order valence-corrected chi connectivity index (χ1v) is 11.1. The maximum atomic E-state index is 5.46. The van der Waals surface area contributed by atoms with E-state index in [-0.39, 0.29) is 0 Å². The Kier molecular flexibility index (Phi) is 7.21. The highest BCUT2D eigenvalue weighted by Crippen LogP contribution is 2.40. The van der Waals surface area contributed by atoms with Gasteiger partial charge in [0.2, 0.25) is 17.6 Å². The van der Waals surface area contributed by atoms with Crippen LogP contribution in [0.1, 0.15) is 5.56 Å². The number of methoxy groups -OCH3 is 4. The lowest BCUT2D eigenvalue weighted by molar-refractivity contribution is 0.324. The number of rotatable bonds is 10. The minimum absolute atomic E-state index is 0.384. The lowest BCUT2D eigenvalue weighted by Gasteiger charge is -2.14. The predicted molar refractivity (Wildman–Crippen MR) is 135 cm³/mol.